The van der Waals surface area contributed by atoms with Crippen molar-refractivity contribution >= 4 is 0 Å². The fourth-order valence-electron chi connectivity index (χ4n) is 0. The molecule has 4 heavy (non-hydrogen) atoms. The quantitative estimate of drug-likeness (QED) is 0.200. The predicted octanol–water partition coefficient (Wildman–Crippen LogP) is -1.24. The molecule has 0 heterocycles. The zero-order valence-corrected chi connectivity index (χ0v) is 1.63. The Morgan fingerprint density at radius 2 is 1.75 bits per heavy atom. The molecule has 4 heteroatoms. The van der Waals surface area contributed by atoms with Crippen molar-refractivity contribution in [2.45, 2.75) is 0 Å². The van der Waals surface area contributed by atoms with E-state index < -0.39 is 0 Å². The van der Waals surface area contributed by atoms with Gasteiger partial charge in [-0.2, -0.15) is 0 Å². The first-order valence-corrected chi connectivity index (χ1v) is 0.333. The van der Waals surface area contributed by atoms with Gasteiger partial charge in [0, 0.05) is 0 Å². The van der Waals surface area contributed by atoms with Crippen molar-refractivity contribution in [2.75, 3.05) is 0 Å². The molecule has 0 N–H and O–H groups in total. The Morgan fingerprint density at radius 3 is 1.75 bits per heavy atom. The van der Waals surface area contributed by atoms with Crippen molar-refractivity contribution < 1.29 is 10.7 Å². The monoisotopic (exact) mass is 64.0 g/mol. The molecule has 0 saturated heterocycles. The van der Waals surface area contributed by atoms with E-state index in [9.17, 15) is 0 Å². The van der Waals surface area contributed by atoms with Crippen LogP contribution in [0.1, 0.15) is 0 Å². The maximum absolute atomic E-state index is 7.88. The van der Waals surface area contributed by atoms with E-state index in [-0.39, 0.29) is 5.48 Å². The third-order valence-electron chi connectivity index (χ3n) is 0. The highest BCUT2D eigenvalue weighted by atomic mass is 17.2. The van der Waals surface area contributed by atoms with Crippen LogP contribution in [0.3, 0.4) is 0 Å². The van der Waals surface area contributed by atoms with Gasteiger partial charge in [0.05, 0.1) is 0 Å². The Hall–Kier alpha value is -0.640. The highest BCUT2D eigenvalue weighted by molar-refractivity contribution is 4.20. The SMILES string of the molecule is O=[O+][O-].[O-2]. The summed E-state index contributed by atoms with van der Waals surface area (Å²) in [5, 5.41) is 7.88. The Balaban J connectivity index is 0. The van der Waals surface area contributed by atoms with Crippen molar-refractivity contribution in [3.63, 3.8) is 0 Å². The van der Waals surface area contributed by atoms with Gasteiger partial charge in [-0.25, -0.2) is 0 Å². The fraction of sp³-hybridized carbons (Fsp3) is 0. The second-order valence-corrected chi connectivity index (χ2v) is 0.0680. The van der Waals surface area contributed by atoms with Crippen LogP contribution in [0, 0.1) is 9.71 Å². The molecule has 0 aromatic carbocycles. The molecule has 0 saturated carbocycles. The fourth-order valence-corrected chi connectivity index (χ4v) is 0. The molecule has 26 valence electrons. The van der Waals surface area contributed by atoms with Crippen LogP contribution in [0.15, 0.2) is 0 Å². The second kappa shape index (κ2) is 33.7. The summed E-state index contributed by atoms with van der Waals surface area (Å²) in [6, 6.07) is 0. The average Bonchev–Trinajstić information content (AvgIpc) is 0.918. The Kier molecular flexibility index (Phi) is 85.2. The largest absolute Gasteiger partial charge is 2.00 e. The van der Waals surface area contributed by atoms with Gasteiger partial charge < -0.3 is 5.48 Å². The minimum absolute atomic E-state index is 0. The van der Waals surface area contributed by atoms with E-state index in [2.05, 4.69) is 0 Å². The lowest BCUT2D eigenvalue weighted by Crippen LogP contribution is -1.82. The van der Waals surface area contributed by atoms with E-state index in [0.29, 0.717) is 0 Å². The van der Waals surface area contributed by atoms with Crippen molar-refractivity contribution in [1.82, 2.24) is 0 Å². The van der Waals surface area contributed by atoms with Crippen LogP contribution in [-0.4, -0.2) is 0 Å². The molecule has 0 spiro atoms. The third kappa shape index (κ3) is 0.430. The highest BCUT2D eigenvalue weighted by Crippen LogP contribution is 1.00. The lowest BCUT2D eigenvalue weighted by Gasteiger charge is -2.00. The maximum atomic E-state index is 7.88. The molecule has 0 rings (SSSR count). The molecule has 4 nitrogen and oxygen atoms in total. The predicted molar refractivity (Wildman–Crippen MR) is 7.42 cm³/mol. The minimum atomic E-state index is 0. The lowest BCUT2D eigenvalue weighted by molar-refractivity contribution is -0.284. The maximum Gasteiger partial charge on any atom is 0.154 e. The van der Waals surface area contributed by atoms with Gasteiger partial charge >= 0.3 is 0 Å². The van der Waals surface area contributed by atoms with E-state index in [1.54, 1.807) is 4.75 Å². The highest BCUT2D eigenvalue weighted by Gasteiger charge is 1.27. The summed E-state index contributed by atoms with van der Waals surface area (Å²) in [6.07, 6.45) is 0. The first-order chi connectivity index (χ1) is 1.41. The summed E-state index contributed by atoms with van der Waals surface area (Å²) in [4.78, 5) is 7.88. The molecule has 0 amide bonds. The molecular weight excluding hydrogens is 64.0 g/mol. The lowest BCUT2D eigenvalue weighted by atomic mass is 14.8. The van der Waals surface area contributed by atoms with Crippen LogP contribution >= 0.6 is 0 Å². The second-order valence-electron chi connectivity index (χ2n) is 0.0680. The van der Waals surface area contributed by atoms with Crippen LogP contribution in [0.4, 0.5) is 0 Å². The summed E-state index contributed by atoms with van der Waals surface area (Å²) >= 11 is 0. The molecular formula is O4-2. The van der Waals surface area contributed by atoms with Crippen LogP contribution in [0.2, 0.25) is 0 Å². The van der Waals surface area contributed by atoms with Gasteiger partial charge in [-0.15, -0.1) is 0 Å². The van der Waals surface area contributed by atoms with Gasteiger partial charge in [-0.1, -0.05) is 10.2 Å². The van der Waals surface area contributed by atoms with E-state index in [1.165, 1.54) is 0 Å². The van der Waals surface area contributed by atoms with Crippen molar-refractivity contribution in [2.24, 2.45) is 0 Å². The topological polar surface area (TPSA) is 79.9 Å². The normalized spacial score (nSPS) is 3.00. The smallest absolute Gasteiger partial charge is 0.154 e. The molecule has 0 atom stereocenters. The van der Waals surface area contributed by atoms with Gasteiger partial charge in [0.15, 0.2) is 4.75 Å². The van der Waals surface area contributed by atoms with Crippen LogP contribution < -0.4 is 5.26 Å². The Labute approximate surface area is 21.8 Å². The van der Waals surface area contributed by atoms with E-state index >= 15 is 0 Å². The van der Waals surface area contributed by atoms with Gasteiger partial charge in [-0.05, 0) is 0 Å². The van der Waals surface area contributed by atoms with Crippen molar-refractivity contribution in [1.29, 1.82) is 0 Å². The first kappa shape index (κ1) is 10.1. The molecule has 0 aromatic rings. The van der Waals surface area contributed by atoms with Crippen LogP contribution in [-0.2, 0) is 5.48 Å². The number of hydrogen-bond donors (Lipinski definition) is 0. The van der Waals surface area contributed by atoms with Gasteiger partial charge in [0.25, 0.3) is 0 Å². The van der Waals surface area contributed by atoms with Gasteiger partial charge in [0.1, 0.15) is 0 Å². The summed E-state index contributed by atoms with van der Waals surface area (Å²) < 4.78 is 1.75. The van der Waals surface area contributed by atoms with E-state index in [4.69, 9.17) is 10.2 Å². The Bertz CT molecular complexity index is 7.51. The van der Waals surface area contributed by atoms with E-state index in [0.717, 1.165) is 0 Å². The summed E-state index contributed by atoms with van der Waals surface area (Å²) in [5.74, 6) is 0. The standard InChI is InChI=1S/O3.O/c1-3-2;/q;-2. The third-order valence-corrected chi connectivity index (χ3v) is 0. The molecule has 0 radical (unpaired) electrons. The molecule has 0 aliphatic heterocycles. The van der Waals surface area contributed by atoms with Crippen molar-refractivity contribution in [3.05, 3.63) is 9.71 Å². The first-order valence-electron chi connectivity index (χ1n) is 0.333. The van der Waals surface area contributed by atoms with E-state index in [1.807, 2.05) is 0 Å². The Morgan fingerprint density at radius 1 is 1.75 bits per heavy atom. The average molecular weight is 64.0 g/mol. The molecule has 0 fully saturated rings. The molecule has 0 aromatic heterocycles. The van der Waals surface area contributed by atoms with Crippen molar-refractivity contribution in [3.8, 4) is 0 Å². The summed E-state index contributed by atoms with van der Waals surface area (Å²) in [5.41, 5.74) is 0. The zero-order chi connectivity index (χ0) is 2.71. The van der Waals surface area contributed by atoms with Gasteiger partial charge in [-0.3, -0.25) is 0 Å². The molecule has 0 aliphatic rings. The molecule has 0 bridgehead atoms. The molecule has 0 unspecified atom stereocenters. The van der Waals surface area contributed by atoms with Crippen LogP contribution in [0.25, 0.3) is 0 Å². The molecule has 0 aliphatic carbocycles. The van der Waals surface area contributed by atoms with Crippen LogP contribution in [0.5, 0.6) is 0 Å². The van der Waals surface area contributed by atoms with Gasteiger partial charge in [0.2, 0.25) is 0 Å². The summed E-state index contributed by atoms with van der Waals surface area (Å²) in [6.45, 7) is 0. The minimum Gasteiger partial charge on any atom is -2.00 e. The zero-order valence-electron chi connectivity index (χ0n) is 1.63. The number of hydrogen-bond acceptors (Lipinski definition) is 2. The summed E-state index contributed by atoms with van der Waals surface area (Å²) in [7, 11) is 0. The number of rotatable bonds is 0.